The second kappa shape index (κ2) is 6.11. The molecule has 128 valence electrons. The highest BCUT2D eigenvalue weighted by molar-refractivity contribution is 6.33. The van der Waals surface area contributed by atoms with Crippen molar-refractivity contribution in [1.29, 1.82) is 0 Å². The fourth-order valence-electron chi connectivity index (χ4n) is 1.84. The van der Waals surface area contributed by atoms with E-state index in [2.05, 4.69) is 9.72 Å². The fourth-order valence-corrected chi connectivity index (χ4v) is 2.07. The van der Waals surface area contributed by atoms with Gasteiger partial charge in [-0.1, -0.05) is 11.6 Å². The number of carbonyl (C=O) groups is 1. The number of aromatic carboxylic acids is 1. The van der Waals surface area contributed by atoms with E-state index in [1.54, 1.807) is 0 Å². The maximum absolute atomic E-state index is 14.1. The van der Waals surface area contributed by atoms with Crippen molar-refractivity contribution in [2.45, 2.75) is 6.18 Å². The van der Waals surface area contributed by atoms with Gasteiger partial charge in [-0.05, 0) is 12.1 Å². The number of carboxylic acids is 1. The summed E-state index contributed by atoms with van der Waals surface area (Å²) < 4.78 is 57.1. The SMILES string of the molecule is COc1nc(C(F)(F)F)cc(=O)n1-c1cc(C(=O)O)c(Cl)cc1F. The summed E-state index contributed by atoms with van der Waals surface area (Å²) in [4.78, 5) is 26.1. The van der Waals surface area contributed by atoms with Crippen molar-refractivity contribution in [1.82, 2.24) is 9.55 Å². The number of hydrogen-bond acceptors (Lipinski definition) is 4. The van der Waals surface area contributed by atoms with E-state index in [-0.39, 0.29) is 6.07 Å². The van der Waals surface area contributed by atoms with E-state index in [1.165, 1.54) is 0 Å². The largest absolute Gasteiger partial charge is 0.478 e. The third kappa shape index (κ3) is 3.18. The van der Waals surface area contributed by atoms with Crippen LogP contribution in [0.2, 0.25) is 5.02 Å². The molecule has 0 aliphatic rings. The van der Waals surface area contributed by atoms with Gasteiger partial charge in [-0.25, -0.2) is 13.8 Å². The molecule has 0 aliphatic carbocycles. The van der Waals surface area contributed by atoms with Crippen LogP contribution < -0.4 is 10.3 Å². The Balaban J connectivity index is 2.81. The Kier molecular flexibility index (Phi) is 4.52. The first-order chi connectivity index (χ1) is 11.1. The number of rotatable bonds is 3. The molecule has 0 aliphatic heterocycles. The van der Waals surface area contributed by atoms with Crippen LogP contribution in [0.4, 0.5) is 17.6 Å². The fraction of sp³-hybridized carbons (Fsp3) is 0.154. The highest BCUT2D eigenvalue weighted by Crippen LogP contribution is 2.29. The van der Waals surface area contributed by atoms with Crippen LogP contribution in [0.5, 0.6) is 6.01 Å². The zero-order valence-corrected chi connectivity index (χ0v) is 12.4. The van der Waals surface area contributed by atoms with Crippen molar-refractivity contribution in [2.24, 2.45) is 0 Å². The molecule has 0 saturated carbocycles. The summed E-state index contributed by atoms with van der Waals surface area (Å²) in [5.74, 6) is -2.67. The molecule has 0 atom stereocenters. The predicted molar refractivity (Wildman–Crippen MR) is 73.3 cm³/mol. The number of ether oxygens (including phenoxy) is 1. The summed E-state index contributed by atoms with van der Waals surface area (Å²) in [5.41, 5.74) is -4.07. The lowest BCUT2D eigenvalue weighted by Crippen LogP contribution is -2.25. The second-order valence-corrected chi connectivity index (χ2v) is 4.80. The molecule has 1 aromatic carbocycles. The highest BCUT2D eigenvalue weighted by Gasteiger charge is 2.35. The Hall–Kier alpha value is -2.62. The van der Waals surface area contributed by atoms with E-state index in [0.29, 0.717) is 16.7 Å². The standard InChI is InChI=1S/C13H7ClF4N2O4/c1-24-12-19-9(13(16,17)18)4-10(21)20(12)8-2-5(11(22)23)6(14)3-7(8)15/h2-4H,1H3,(H,22,23). The summed E-state index contributed by atoms with van der Waals surface area (Å²) in [6.07, 6.45) is -4.92. The number of hydrogen-bond donors (Lipinski definition) is 1. The molecule has 0 unspecified atom stereocenters. The topological polar surface area (TPSA) is 81.4 Å². The Morgan fingerprint density at radius 1 is 1.33 bits per heavy atom. The van der Waals surface area contributed by atoms with Crippen molar-refractivity contribution >= 4 is 17.6 Å². The molecular formula is C13H7ClF4N2O4. The van der Waals surface area contributed by atoms with E-state index >= 15 is 0 Å². The zero-order valence-electron chi connectivity index (χ0n) is 11.7. The lowest BCUT2D eigenvalue weighted by atomic mass is 10.2. The second-order valence-electron chi connectivity index (χ2n) is 4.39. The summed E-state index contributed by atoms with van der Waals surface area (Å²) in [7, 11) is 0.921. The third-order valence-corrected chi connectivity index (χ3v) is 3.18. The van der Waals surface area contributed by atoms with Crippen molar-refractivity contribution in [3.05, 3.63) is 50.7 Å². The molecule has 0 radical (unpaired) electrons. The summed E-state index contributed by atoms with van der Waals surface area (Å²) in [6, 6.07) is 0.576. The van der Waals surface area contributed by atoms with Crippen LogP contribution in [0, 0.1) is 5.82 Å². The number of carboxylic acid groups (broad SMARTS) is 1. The van der Waals surface area contributed by atoms with Crippen LogP contribution in [-0.2, 0) is 6.18 Å². The summed E-state index contributed by atoms with van der Waals surface area (Å²) >= 11 is 5.58. The van der Waals surface area contributed by atoms with Crippen molar-refractivity contribution in [3.8, 4) is 11.7 Å². The average molecular weight is 367 g/mol. The molecule has 6 nitrogen and oxygen atoms in total. The molecule has 0 bridgehead atoms. The Bertz CT molecular complexity index is 879. The van der Waals surface area contributed by atoms with Gasteiger partial charge in [0.05, 0.1) is 23.4 Å². The van der Waals surface area contributed by atoms with Crippen molar-refractivity contribution < 1.29 is 32.2 Å². The smallest absolute Gasteiger partial charge is 0.433 e. The monoisotopic (exact) mass is 366 g/mol. The van der Waals surface area contributed by atoms with Crippen LogP contribution in [0.25, 0.3) is 5.69 Å². The number of aromatic nitrogens is 2. The first-order valence-corrected chi connectivity index (χ1v) is 6.42. The minimum absolute atomic E-state index is 0.136. The molecule has 24 heavy (non-hydrogen) atoms. The van der Waals surface area contributed by atoms with Crippen molar-refractivity contribution in [3.63, 3.8) is 0 Å². The van der Waals surface area contributed by atoms with Crippen LogP contribution in [0.15, 0.2) is 23.0 Å². The number of methoxy groups -OCH3 is 1. The summed E-state index contributed by atoms with van der Waals surface area (Å²) in [5, 5.41) is 8.54. The van der Waals surface area contributed by atoms with Crippen LogP contribution >= 0.6 is 11.6 Å². The van der Waals surface area contributed by atoms with Crippen LogP contribution in [0.3, 0.4) is 0 Å². The van der Waals surface area contributed by atoms with Gasteiger partial charge in [0, 0.05) is 6.07 Å². The van der Waals surface area contributed by atoms with E-state index in [0.717, 1.165) is 7.11 Å². The van der Waals surface area contributed by atoms with Gasteiger partial charge in [0.25, 0.3) is 5.56 Å². The van der Waals surface area contributed by atoms with E-state index < -0.39 is 51.5 Å². The van der Waals surface area contributed by atoms with Gasteiger partial charge in [0.2, 0.25) is 0 Å². The first-order valence-electron chi connectivity index (χ1n) is 6.04. The van der Waals surface area contributed by atoms with Gasteiger partial charge < -0.3 is 9.84 Å². The van der Waals surface area contributed by atoms with Gasteiger partial charge in [0.15, 0.2) is 5.69 Å². The molecule has 1 N–H and O–H groups in total. The van der Waals surface area contributed by atoms with Crippen LogP contribution in [0.1, 0.15) is 16.1 Å². The maximum atomic E-state index is 14.1. The van der Waals surface area contributed by atoms with E-state index in [9.17, 15) is 27.2 Å². The molecule has 0 saturated heterocycles. The lowest BCUT2D eigenvalue weighted by Gasteiger charge is -2.14. The Labute approximate surface area is 135 Å². The number of alkyl halides is 3. The quantitative estimate of drug-likeness (QED) is 0.845. The average Bonchev–Trinajstić information content (AvgIpc) is 2.46. The van der Waals surface area contributed by atoms with Gasteiger partial charge in [-0.3, -0.25) is 4.79 Å². The molecule has 1 heterocycles. The van der Waals surface area contributed by atoms with E-state index in [1.807, 2.05) is 0 Å². The normalized spacial score (nSPS) is 11.4. The molecule has 1 aromatic heterocycles. The number of halogens is 5. The molecule has 2 rings (SSSR count). The van der Waals surface area contributed by atoms with Gasteiger partial charge in [-0.15, -0.1) is 0 Å². The lowest BCUT2D eigenvalue weighted by molar-refractivity contribution is -0.141. The molecular weight excluding hydrogens is 360 g/mol. The van der Waals surface area contributed by atoms with Gasteiger partial charge in [0.1, 0.15) is 5.82 Å². The van der Waals surface area contributed by atoms with Gasteiger partial charge >= 0.3 is 18.2 Å². The van der Waals surface area contributed by atoms with Crippen LogP contribution in [-0.4, -0.2) is 27.7 Å². The van der Waals surface area contributed by atoms with Crippen molar-refractivity contribution in [2.75, 3.05) is 7.11 Å². The maximum Gasteiger partial charge on any atom is 0.433 e. The van der Waals surface area contributed by atoms with Gasteiger partial charge in [-0.2, -0.15) is 18.2 Å². The highest BCUT2D eigenvalue weighted by atomic mass is 35.5. The molecule has 2 aromatic rings. The Morgan fingerprint density at radius 3 is 2.46 bits per heavy atom. The minimum Gasteiger partial charge on any atom is -0.478 e. The molecule has 0 fully saturated rings. The summed E-state index contributed by atoms with van der Waals surface area (Å²) in [6.45, 7) is 0. The first kappa shape index (κ1) is 17.7. The number of nitrogens with zero attached hydrogens (tertiary/aromatic N) is 2. The minimum atomic E-state index is -4.92. The Morgan fingerprint density at radius 2 is 1.96 bits per heavy atom. The molecule has 11 heteroatoms. The molecule has 0 amide bonds. The number of benzene rings is 1. The third-order valence-electron chi connectivity index (χ3n) is 2.87. The zero-order chi connectivity index (χ0) is 18.2. The molecule has 0 spiro atoms. The van der Waals surface area contributed by atoms with E-state index in [4.69, 9.17) is 16.7 Å². The predicted octanol–water partition coefficient (Wildman–Crippen LogP) is 2.75.